The third kappa shape index (κ3) is 3.75. The summed E-state index contributed by atoms with van der Waals surface area (Å²) in [5.41, 5.74) is 4.11. The van der Waals surface area contributed by atoms with Crippen LogP contribution in [0.3, 0.4) is 0 Å². The Bertz CT molecular complexity index is 1330. The molecule has 2 heterocycles. The molecule has 0 radical (unpaired) electrons. The fourth-order valence-corrected chi connectivity index (χ4v) is 4.09. The van der Waals surface area contributed by atoms with E-state index in [2.05, 4.69) is 5.32 Å². The maximum Gasteiger partial charge on any atom is 0.282 e. The molecule has 172 valence electrons. The number of carbonyl (C=O) groups is 2. The Morgan fingerprint density at radius 2 is 1.53 bits per heavy atom. The van der Waals surface area contributed by atoms with Gasteiger partial charge in [-0.1, -0.05) is 35.9 Å². The molecule has 0 aliphatic carbocycles. The summed E-state index contributed by atoms with van der Waals surface area (Å²) < 4.78 is 16.7. The van der Waals surface area contributed by atoms with Crippen molar-refractivity contribution in [3.05, 3.63) is 83.1 Å². The second-order valence-corrected chi connectivity index (χ2v) is 8.22. The average molecular weight is 456 g/mol. The molecule has 2 amide bonds. The topological polar surface area (TPSA) is 77.1 Å². The van der Waals surface area contributed by atoms with E-state index in [1.54, 1.807) is 30.3 Å². The van der Waals surface area contributed by atoms with Crippen molar-refractivity contribution >= 4 is 28.8 Å². The lowest BCUT2D eigenvalue weighted by Gasteiger charge is -2.20. The molecular formula is C27H24N2O5. The number of methoxy groups -OCH3 is 1. The minimum absolute atomic E-state index is 0.189. The zero-order valence-corrected chi connectivity index (χ0v) is 19.2. The van der Waals surface area contributed by atoms with Crippen LogP contribution in [-0.2, 0) is 9.59 Å². The van der Waals surface area contributed by atoms with Crippen molar-refractivity contribution in [3.63, 3.8) is 0 Å². The lowest BCUT2D eigenvalue weighted by molar-refractivity contribution is -0.120. The van der Waals surface area contributed by atoms with Gasteiger partial charge in [-0.25, -0.2) is 4.90 Å². The van der Waals surface area contributed by atoms with Crippen LogP contribution < -0.4 is 24.4 Å². The molecule has 0 bridgehead atoms. The Kier molecular flexibility index (Phi) is 5.45. The van der Waals surface area contributed by atoms with Crippen LogP contribution in [0.15, 0.2) is 66.4 Å². The van der Waals surface area contributed by atoms with Crippen LogP contribution in [0, 0.1) is 13.8 Å². The monoisotopic (exact) mass is 456 g/mol. The lowest BCUT2D eigenvalue weighted by atomic mass is 10.0. The molecule has 0 unspecified atom stereocenters. The molecule has 0 saturated carbocycles. The Balaban J connectivity index is 1.61. The molecule has 0 fully saturated rings. The normalized spacial score (nSPS) is 15.1. The smallest absolute Gasteiger partial charge is 0.282 e. The lowest BCUT2D eigenvalue weighted by Crippen LogP contribution is -2.32. The van der Waals surface area contributed by atoms with Gasteiger partial charge in [-0.2, -0.15) is 0 Å². The number of fused-ring (bicyclic) bond motifs is 1. The van der Waals surface area contributed by atoms with E-state index in [0.717, 1.165) is 11.1 Å². The summed E-state index contributed by atoms with van der Waals surface area (Å²) in [7, 11) is 1.52. The van der Waals surface area contributed by atoms with Crippen molar-refractivity contribution in [2.24, 2.45) is 0 Å². The molecule has 3 aromatic carbocycles. The van der Waals surface area contributed by atoms with Gasteiger partial charge in [0.1, 0.15) is 24.7 Å². The summed E-state index contributed by atoms with van der Waals surface area (Å²) in [6.07, 6.45) is 0. The summed E-state index contributed by atoms with van der Waals surface area (Å²) in [6, 6.07) is 18.3. The number of amides is 2. The van der Waals surface area contributed by atoms with Gasteiger partial charge in [0.2, 0.25) is 0 Å². The molecule has 5 rings (SSSR count). The van der Waals surface area contributed by atoms with E-state index in [-0.39, 0.29) is 5.70 Å². The third-order valence-corrected chi connectivity index (χ3v) is 5.81. The number of nitrogens with zero attached hydrogens (tertiary/aromatic N) is 1. The number of benzene rings is 3. The van der Waals surface area contributed by atoms with Crippen molar-refractivity contribution in [2.75, 3.05) is 30.5 Å². The first kappa shape index (κ1) is 21.6. The largest absolute Gasteiger partial charge is 0.495 e. The quantitative estimate of drug-likeness (QED) is 0.571. The van der Waals surface area contributed by atoms with E-state index in [4.69, 9.17) is 14.2 Å². The number of imide groups is 1. The molecule has 2 aliphatic rings. The van der Waals surface area contributed by atoms with Gasteiger partial charge in [0.15, 0.2) is 11.5 Å². The Morgan fingerprint density at radius 3 is 2.26 bits per heavy atom. The van der Waals surface area contributed by atoms with E-state index in [0.29, 0.717) is 53.0 Å². The summed E-state index contributed by atoms with van der Waals surface area (Å²) >= 11 is 0. The first-order chi connectivity index (χ1) is 16.5. The number of nitrogens with one attached hydrogen (secondary N) is 1. The molecule has 0 saturated heterocycles. The van der Waals surface area contributed by atoms with Crippen LogP contribution in [-0.4, -0.2) is 32.1 Å². The average Bonchev–Trinajstić information content (AvgIpc) is 3.08. The van der Waals surface area contributed by atoms with E-state index in [1.165, 1.54) is 12.0 Å². The van der Waals surface area contributed by atoms with Crippen LogP contribution in [0.25, 0.3) is 5.57 Å². The summed E-state index contributed by atoms with van der Waals surface area (Å²) in [5.74, 6) is 0.792. The highest BCUT2D eigenvalue weighted by Gasteiger charge is 2.41. The summed E-state index contributed by atoms with van der Waals surface area (Å²) in [6.45, 7) is 4.81. The van der Waals surface area contributed by atoms with Gasteiger partial charge in [0.25, 0.3) is 11.8 Å². The maximum absolute atomic E-state index is 13.7. The molecule has 3 aromatic rings. The molecule has 0 aromatic heterocycles. The molecule has 7 nitrogen and oxygen atoms in total. The fourth-order valence-electron chi connectivity index (χ4n) is 4.09. The zero-order valence-electron chi connectivity index (χ0n) is 19.2. The van der Waals surface area contributed by atoms with Gasteiger partial charge in [0.05, 0.1) is 18.4 Å². The predicted octanol–water partition coefficient (Wildman–Crippen LogP) is 4.48. The predicted molar refractivity (Wildman–Crippen MR) is 129 cm³/mol. The molecule has 7 heteroatoms. The van der Waals surface area contributed by atoms with Gasteiger partial charge in [-0.3, -0.25) is 9.59 Å². The number of rotatable bonds is 5. The second kappa shape index (κ2) is 8.59. The highest BCUT2D eigenvalue weighted by Crippen LogP contribution is 2.39. The second-order valence-electron chi connectivity index (χ2n) is 8.22. The maximum atomic E-state index is 13.7. The number of carbonyl (C=O) groups excluding carboxylic acids is 2. The van der Waals surface area contributed by atoms with Crippen LogP contribution >= 0.6 is 0 Å². The van der Waals surface area contributed by atoms with Crippen molar-refractivity contribution in [2.45, 2.75) is 13.8 Å². The summed E-state index contributed by atoms with van der Waals surface area (Å²) in [4.78, 5) is 28.6. The van der Waals surface area contributed by atoms with Gasteiger partial charge >= 0.3 is 0 Å². The SMILES string of the molecule is COc1ccc(C)cc1N1C(=O)C(Nc2ccc3c(c2)OCCO3)=C(c2ccc(C)cc2)C1=O. The number of hydrogen-bond acceptors (Lipinski definition) is 6. The highest BCUT2D eigenvalue weighted by atomic mass is 16.6. The van der Waals surface area contributed by atoms with E-state index in [1.807, 2.05) is 44.2 Å². The van der Waals surface area contributed by atoms with Gasteiger partial charge in [-0.15, -0.1) is 0 Å². The van der Waals surface area contributed by atoms with Crippen LogP contribution in [0.1, 0.15) is 16.7 Å². The number of anilines is 2. The van der Waals surface area contributed by atoms with Gasteiger partial charge in [-0.05, 0) is 49.2 Å². The molecule has 0 spiro atoms. The minimum atomic E-state index is -0.459. The zero-order chi connectivity index (χ0) is 23.8. The molecule has 2 aliphatic heterocycles. The van der Waals surface area contributed by atoms with Crippen molar-refractivity contribution < 1.29 is 23.8 Å². The first-order valence-corrected chi connectivity index (χ1v) is 11.0. The minimum Gasteiger partial charge on any atom is -0.495 e. The molecular weight excluding hydrogens is 432 g/mol. The van der Waals surface area contributed by atoms with Crippen LogP contribution in [0.2, 0.25) is 0 Å². The summed E-state index contributed by atoms with van der Waals surface area (Å²) in [5, 5.41) is 3.18. The number of ether oxygens (including phenoxy) is 3. The van der Waals surface area contributed by atoms with Gasteiger partial charge < -0.3 is 19.5 Å². The van der Waals surface area contributed by atoms with Gasteiger partial charge in [0, 0.05) is 11.8 Å². The molecule has 1 N–H and O–H groups in total. The van der Waals surface area contributed by atoms with Crippen molar-refractivity contribution in [1.82, 2.24) is 0 Å². The fraction of sp³-hybridized carbons (Fsp3) is 0.185. The van der Waals surface area contributed by atoms with E-state index >= 15 is 0 Å². The number of hydrogen-bond donors (Lipinski definition) is 1. The Morgan fingerprint density at radius 1 is 0.824 bits per heavy atom. The van der Waals surface area contributed by atoms with Crippen molar-refractivity contribution in [1.29, 1.82) is 0 Å². The van der Waals surface area contributed by atoms with E-state index in [9.17, 15) is 9.59 Å². The Hall–Kier alpha value is -4.26. The standard InChI is InChI=1S/C27H24N2O5/c1-16-4-7-18(8-5-16)24-25(28-19-9-11-22-23(15-19)34-13-12-33-22)27(31)29(26(24)30)20-14-17(2)6-10-21(20)32-3/h4-11,14-15,28H,12-13H2,1-3H3. The van der Waals surface area contributed by atoms with Crippen LogP contribution in [0.5, 0.6) is 17.2 Å². The first-order valence-electron chi connectivity index (χ1n) is 11.0. The molecule has 0 atom stereocenters. The Labute approximate surface area is 197 Å². The third-order valence-electron chi connectivity index (χ3n) is 5.81. The van der Waals surface area contributed by atoms with Crippen LogP contribution in [0.4, 0.5) is 11.4 Å². The molecule has 34 heavy (non-hydrogen) atoms. The number of aryl methyl sites for hydroxylation is 2. The highest BCUT2D eigenvalue weighted by molar-refractivity contribution is 6.46. The van der Waals surface area contributed by atoms with E-state index < -0.39 is 11.8 Å². The van der Waals surface area contributed by atoms with Crippen molar-refractivity contribution in [3.8, 4) is 17.2 Å².